The van der Waals surface area contributed by atoms with Gasteiger partial charge in [0.15, 0.2) is 5.78 Å². The van der Waals surface area contributed by atoms with Gasteiger partial charge in [-0.05, 0) is 30.4 Å². The lowest BCUT2D eigenvalue weighted by atomic mass is 10.00. The van der Waals surface area contributed by atoms with E-state index in [4.69, 9.17) is 0 Å². The van der Waals surface area contributed by atoms with E-state index in [1.807, 2.05) is 18.2 Å². The molecule has 0 spiro atoms. The van der Waals surface area contributed by atoms with E-state index in [9.17, 15) is 4.79 Å². The maximum Gasteiger partial charge on any atom is 0.159 e. The van der Waals surface area contributed by atoms with Crippen molar-refractivity contribution in [2.75, 3.05) is 0 Å². The van der Waals surface area contributed by atoms with Crippen molar-refractivity contribution < 1.29 is 4.79 Å². The van der Waals surface area contributed by atoms with Crippen LogP contribution in [-0.2, 0) is 0 Å². The minimum atomic E-state index is 0.137. The number of ketones is 1. The SMILES string of the molecule is CC(=O)c1cccc(C(C)C)c1.CCCC.CCCCC1CC1. The number of benzene rings is 1. The van der Waals surface area contributed by atoms with Crippen LogP contribution in [-0.4, -0.2) is 5.78 Å². The summed E-state index contributed by atoms with van der Waals surface area (Å²) in [5, 5.41) is 0. The molecule has 1 aromatic rings. The molecule has 1 fully saturated rings. The van der Waals surface area contributed by atoms with E-state index in [0.29, 0.717) is 5.92 Å². The molecule has 132 valence electrons. The van der Waals surface area contributed by atoms with E-state index in [1.165, 1.54) is 50.5 Å². The lowest BCUT2D eigenvalue weighted by molar-refractivity contribution is 0.101. The standard InChI is InChI=1S/C11H14O.C7H14.C4H10/c1-8(2)10-5-4-6-11(7-10)9(3)12;1-2-3-4-7-5-6-7;1-3-4-2/h4-8H,1-3H3;7H,2-6H2,1H3;3-4H2,1-2H3. The summed E-state index contributed by atoms with van der Waals surface area (Å²) in [5.41, 5.74) is 2.03. The minimum absolute atomic E-state index is 0.137. The fourth-order valence-corrected chi connectivity index (χ4v) is 2.02. The Morgan fingerprint density at radius 1 is 1.09 bits per heavy atom. The zero-order chi connectivity index (χ0) is 17.7. The van der Waals surface area contributed by atoms with Crippen molar-refractivity contribution in [1.29, 1.82) is 0 Å². The van der Waals surface area contributed by atoms with E-state index >= 15 is 0 Å². The number of carbonyl (C=O) groups excluding carboxylic acids is 1. The predicted octanol–water partition coefficient (Wildman–Crippen LogP) is 7.41. The second kappa shape index (κ2) is 13.3. The summed E-state index contributed by atoms with van der Waals surface area (Å²) in [5.74, 6) is 1.78. The molecule has 0 saturated heterocycles. The Bertz CT molecular complexity index is 414. The predicted molar refractivity (Wildman–Crippen MR) is 103 cm³/mol. The molecule has 0 unspecified atom stereocenters. The number of carbonyl (C=O) groups is 1. The summed E-state index contributed by atoms with van der Waals surface area (Å²) in [6, 6.07) is 7.81. The Labute approximate surface area is 144 Å². The molecule has 23 heavy (non-hydrogen) atoms. The highest BCUT2D eigenvalue weighted by Crippen LogP contribution is 2.33. The van der Waals surface area contributed by atoms with Crippen molar-refractivity contribution in [1.82, 2.24) is 0 Å². The first kappa shape index (κ1) is 21.9. The molecule has 1 heteroatoms. The van der Waals surface area contributed by atoms with Crippen LogP contribution < -0.4 is 0 Å². The van der Waals surface area contributed by atoms with Crippen LogP contribution in [0, 0.1) is 5.92 Å². The molecule has 0 aromatic heterocycles. The average Bonchev–Trinajstić information content (AvgIpc) is 3.38. The van der Waals surface area contributed by atoms with Gasteiger partial charge in [-0.25, -0.2) is 0 Å². The highest BCUT2D eigenvalue weighted by molar-refractivity contribution is 5.94. The molecule has 0 atom stereocenters. The Hall–Kier alpha value is -1.11. The second-order valence-electron chi connectivity index (χ2n) is 6.92. The first-order chi connectivity index (χ1) is 11.0. The van der Waals surface area contributed by atoms with Crippen molar-refractivity contribution >= 4 is 5.78 Å². The van der Waals surface area contributed by atoms with Crippen LogP contribution in [0.2, 0.25) is 0 Å². The zero-order valence-electron chi connectivity index (χ0n) is 16.3. The molecular weight excluding hydrogens is 280 g/mol. The summed E-state index contributed by atoms with van der Waals surface area (Å²) in [7, 11) is 0. The van der Waals surface area contributed by atoms with E-state index in [0.717, 1.165) is 11.5 Å². The van der Waals surface area contributed by atoms with Crippen LogP contribution in [0.5, 0.6) is 0 Å². The van der Waals surface area contributed by atoms with Crippen molar-refractivity contribution in [3.05, 3.63) is 35.4 Å². The van der Waals surface area contributed by atoms with Gasteiger partial charge >= 0.3 is 0 Å². The Kier molecular flexibility index (Phi) is 12.7. The lowest BCUT2D eigenvalue weighted by Crippen LogP contribution is -1.94. The fraction of sp³-hybridized carbons (Fsp3) is 0.682. The molecule has 1 saturated carbocycles. The summed E-state index contributed by atoms with van der Waals surface area (Å²) in [6.45, 7) is 12.5. The number of Topliss-reactive ketones (excluding diaryl/α,β-unsaturated/α-hetero) is 1. The summed E-state index contributed by atoms with van der Waals surface area (Å²) in [4.78, 5) is 11.0. The van der Waals surface area contributed by atoms with Gasteiger partial charge in [0, 0.05) is 5.56 Å². The van der Waals surface area contributed by atoms with Gasteiger partial charge in [0.05, 0.1) is 0 Å². The fourth-order valence-electron chi connectivity index (χ4n) is 2.02. The normalized spacial score (nSPS) is 12.8. The van der Waals surface area contributed by atoms with Gasteiger partial charge in [0.2, 0.25) is 0 Å². The number of hydrogen-bond acceptors (Lipinski definition) is 1. The van der Waals surface area contributed by atoms with Crippen LogP contribution in [0.4, 0.5) is 0 Å². The number of rotatable bonds is 6. The first-order valence-corrected chi connectivity index (χ1v) is 9.56. The van der Waals surface area contributed by atoms with Crippen LogP contribution in [0.1, 0.15) is 108 Å². The Morgan fingerprint density at radius 2 is 1.70 bits per heavy atom. The third-order valence-corrected chi connectivity index (χ3v) is 4.12. The average molecular weight is 319 g/mol. The zero-order valence-corrected chi connectivity index (χ0v) is 16.3. The highest BCUT2D eigenvalue weighted by Gasteiger charge is 2.19. The molecule has 2 rings (SSSR count). The molecule has 0 N–H and O–H groups in total. The molecular formula is C22H38O. The van der Waals surface area contributed by atoms with Crippen LogP contribution >= 0.6 is 0 Å². The molecule has 1 aliphatic carbocycles. The van der Waals surface area contributed by atoms with E-state index in [-0.39, 0.29) is 5.78 Å². The van der Waals surface area contributed by atoms with Gasteiger partial charge in [0.25, 0.3) is 0 Å². The number of hydrogen-bond donors (Lipinski definition) is 0. The monoisotopic (exact) mass is 318 g/mol. The quantitative estimate of drug-likeness (QED) is 0.499. The summed E-state index contributed by atoms with van der Waals surface area (Å²) < 4.78 is 0. The Balaban J connectivity index is 0.000000371. The molecule has 1 nitrogen and oxygen atoms in total. The third kappa shape index (κ3) is 12.0. The van der Waals surface area contributed by atoms with Crippen LogP contribution in [0.25, 0.3) is 0 Å². The molecule has 0 amide bonds. The molecule has 0 heterocycles. The van der Waals surface area contributed by atoms with E-state index in [2.05, 4.69) is 40.7 Å². The van der Waals surface area contributed by atoms with Crippen molar-refractivity contribution in [3.63, 3.8) is 0 Å². The smallest absolute Gasteiger partial charge is 0.159 e. The molecule has 1 aliphatic rings. The molecule has 0 bridgehead atoms. The molecule has 1 aromatic carbocycles. The van der Waals surface area contributed by atoms with Gasteiger partial charge in [0.1, 0.15) is 0 Å². The lowest BCUT2D eigenvalue weighted by Gasteiger charge is -2.05. The maximum atomic E-state index is 11.0. The van der Waals surface area contributed by atoms with Crippen molar-refractivity contribution in [2.24, 2.45) is 5.92 Å². The largest absolute Gasteiger partial charge is 0.295 e. The topological polar surface area (TPSA) is 17.1 Å². The van der Waals surface area contributed by atoms with Gasteiger partial charge in [-0.2, -0.15) is 0 Å². The van der Waals surface area contributed by atoms with Crippen molar-refractivity contribution in [3.8, 4) is 0 Å². The van der Waals surface area contributed by atoms with Crippen LogP contribution in [0.3, 0.4) is 0 Å². The third-order valence-electron chi connectivity index (χ3n) is 4.12. The van der Waals surface area contributed by atoms with Crippen LogP contribution in [0.15, 0.2) is 24.3 Å². The second-order valence-corrected chi connectivity index (χ2v) is 6.92. The Morgan fingerprint density at radius 3 is 2.09 bits per heavy atom. The summed E-state index contributed by atoms with van der Waals surface area (Å²) in [6.07, 6.45) is 10.1. The van der Waals surface area contributed by atoms with E-state index < -0.39 is 0 Å². The first-order valence-electron chi connectivity index (χ1n) is 9.56. The minimum Gasteiger partial charge on any atom is -0.295 e. The maximum absolute atomic E-state index is 11.0. The van der Waals surface area contributed by atoms with Gasteiger partial charge in [-0.15, -0.1) is 0 Å². The van der Waals surface area contributed by atoms with E-state index in [1.54, 1.807) is 6.92 Å². The van der Waals surface area contributed by atoms with Gasteiger partial charge < -0.3 is 0 Å². The molecule has 0 radical (unpaired) electrons. The molecule has 0 aliphatic heterocycles. The highest BCUT2D eigenvalue weighted by atomic mass is 16.1. The van der Waals surface area contributed by atoms with Crippen molar-refractivity contribution in [2.45, 2.75) is 92.4 Å². The van der Waals surface area contributed by atoms with Gasteiger partial charge in [-0.1, -0.05) is 97.8 Å². The number of unbranched alkanes of at least 4 members (excludes halogenated alkanes) is 2. The summed E-state index contributed by atoms with van der Waals surface area (Å²) >= 11 is 0. The van der Waals surface area contributed by atoms with Gasteiger partial charge in [-0.3, -0.25) is 4.79 Å².